The number of ether oxygens (including phenoxy) is 2. The van der Waals surface area contributed by atoms with Gasteiger partial charge < -0.3 is 9.47 Å². The van der Waals surface area contributed by atoms with Crippen LogP contribution in [0.5, 0.6) is 11.5 Å². The van der Waals surface area contributed by atoms with Crippen molar-refractivity contribution in [2.45, 2.75) is 19.9 Å². The van der Waals surface area contributed by atoms with Crippen LogP contribution in [0.3, 0.4) is 0 Å². The highest BCUT2D eigenvalue weighted by molar-refractivity contribution is 6.35. The molecule has 7 heteroatoms. The normalized spacial score (nSPS) is 16.4. The molecule has 0 saturated heterocycles. The molecule has 0 atom stereocenters. The molecule has 3 aromatic carbocycles. The van der Waals surface area contributed by atoms with Gasteiger partial charge in [-0.15, -0.1) is 0 Å². The molecule has 0 saturated carbocycles. The van der Waals surface area contributed by atoms with Gasteiger partial charge in [0, 0.05) is 23.1 Å². The minimum atomic E-state index is -0.370. The Morgan fingerprint density at radius 2 is 2.00 bits per heavy atom. The lowest BCUT2D eigenvalue weighted by molar-refractivity contribution is 0.0949. The molecule has 4 nitrogen and oxygen atoms in total. The number of hydrogen-bond donors (Lipinski definition) is 0. The second-order valence-corrected chi connectivity index (χ2v) is 9.02. The number of nitrogens with zero attached hydrogens (tertiary/aromatic N) is 1. The first kappa shape index (κ1) is 22.0. The average Bonchev–Trinajstić information content (AvgIpc) is 3.10. The number of fused-ring (bicyclic) bond motifs is 3. The van der Waals surface area contributed by atoms with Crippen molar-refractivity contribution >= 4 is 35.1 Å². The van der Waals surface area contributed by atoms with E-state index in [-0.39, 0.29) is 17.4 Å². The molecule has 0 fully saturated rings. The van der Waals surface area contributed by atoms with Gasteiger partial charge in [-0.1, -0.05) is 41.4 Å². The van der Waals surface area contributed by atoms with E-state index in [2.05, 4.69) is 4.90 Å². The van der Waals surface area contributed by atoms with Gasteiger partial charge in [0.05, 0.1) is 11.1 Å². The summed E-state index contributed by atoms with van der Waals surface area (Å²) in [7, 11) is 0. The van der Waals surface area contributed by atoms with Crippen LogP contribution in [0.25, 0.3) is 6.08 Å². The smallest absolute Gasteiger partial charge is 0.232 e. The molecule has 0 unspecified atom stereocenters. The number of Topliss-reactive ketones (excluding diaryl/α,β-unsaturated/α-hetero) is 1. The third kappa shape index (κ3) is 4.36. The number of hydrogen-bond acceptors (Lipinski definition) is 4. The van der Waals surface area contributed by atoms with Gasteiger partial charge in [-0.2, -0.15) is 0 Å². The van der Waals surface area contributed by atoms with E-state index >= 15 is 0 Å². The zero-order valence-corrected chi connectivity index (χ0v) is 19.3. The van der Waals surface area contributed by atoms with Gasteiger partial charge in [0.15, 0.2) is 5.76 Å². The van der Waals surface area contributed by atoms with Gasteiger partial charge in [-0.3, -0.25) is 9.69 Å². The molecule has 5 rings (SSSR count). The van der Waals surface area contributed by atoms with Crippen molar-refractivity contribution in [3.8, 4) is 11.5 Å². The third-order valence-electron chi connectivity index (χ3n) is 5.85. The van der Waals surface area contributed by atoms with Crippen LogP contribution >= 0.6 is 23.2 Å². The van der Waals surface area contributed by atoms with Crippen LogP contribution in [0.4, 0.5) is 4.39 Å². The van der Waals surface area contributed by atoms with Crippen molar-refractivity contribution in [3.63, 3.8) is 0 Å². The first-order valence-corrected chi connectivity index (χ1v) is 11.3. The summed E-state index contributed by atoms with van der Waals surface area (Å²) in [5.74, 6) is 0.834. The SMILES string of the molecule is Cc1cc2c(c3c1C(=O)/C(=C\c1cccc(F)c1)O3)CN(CCc1ccc(Cl)cc1Cl)CO2. The van der Waals surface area contributed by atoms with Crippen LogP contribution in [0, 0.1) is 12.7 Å². The van der Waals surface area contributed by atoms with E-state index in [1.807, 2.05) is 25.1 Å². The van der Waals surface area contributed by atoms with Crippen LogP contribution in [0.2, 0.25) is 10.0 Å². The second kappa shape index (κ2) is 8.82. The molecule has 0 N–H and O–H groups in total. The van der Waals surface area contributed by atoms with E-state index < -0.39 is 0 Å². The Hall–Kier alpha value is -2.86. The van der Waals surface area contributed by atoms with Crippen molar-refractivity contribution in [2.75, 3.05) is 13.3 Å². The fourth-order valence-electron chi connectivity index (χ4n) is 4.17. The predicted octanol–water partition coefficient (Wildman–Crippen LogP) is 6.45. The quantitative estimate of drug-likeness (QED) is 0.399. The zero-order valence-electron chi connectivity index (χ0n) is 17.8. The van der Waals surface area contributed by atoms with Crippen molar-refractivity contribution in [2.24, 2.45) is 0 Å². The summed E-state index contributed by atoms with van der Waals surface area (Å²) >= 11 is 12.3. The summed E-state index contributed by atoms with van der Waals surface area (Å²) in [5.41, 5.74) is 3.73. The lowest BCUT2D eigenvalue weighted by Gasteiger charge is -2.30. The Labute approximate surface area is 201 Å². The number of rotatable bonds is 4. The Bertz CT molecular complexity index is 1300. The largest absolute Gasteiger partial charge is 0.478 e. The summed E-state index contributed by atoms with van der Waals surface area (Å²) in [5, 5.41) is 1.24. The van der Waals surface area contributed by atoms with Gasteiger partial charge in [0.25, 0.3) is 0 Å². The number of halogens is 3. The molecule has 33 heavy (non-hydrogen) atoms. The number of aryl methyl sites for hydroxylation is 1. The maximum Gasteiger partial charge on any atom is 0.232 e. The Morgan fingerprint density at radius 3 is 2.79 bits per heavy atom. The number of ketones is 1. The van der Waals surface area contributed by atoms with E-state index in [4.69, 9.17) is 32.7 Å². The Balaban J connectivity index is 1.40. The van der Waals surface area contributed by atoms with Crippen LogP contribution in [-0.4, -0.2) is 24.0 Å². The molecular formula is C26H20Cl2FNO3. The monoisotopic (exact) mass is 483 g/mol. The first-order valence-electron chi connectivity index (χ1n) is 10.5. The molecule has 0 spiro atoms. The molecule has 0 amide bonds. The van der Waals surface area contributed by atoms with Crippen LogP contribution < -0.4 is 9.47 Å². The standard InChI is InChI=1S/C26H20Cl2FNO3/c1-15-9-22-20(13-30(14-32-22)8-7-17-5-6-18(27)12-21(17)28)26-24(15)25(31)23(33-26)11-16-3-2-4-19(29)10-16/h2-6,9-12H,7-8,13-14H2,1H3/b23-11+. The van der Waals surface area contributed by atoms with Crippen LogP contribution in [-0.2, 0) is 13.0 Å². The number of benzene rings is 3. The topological polar surface area (TPSA) is 38.8 Å². The van der Waals surface area contributed by atoms with E-state index in [0.29, 0.717) is 52.5 Å². The highest BCUT2D eigenvalue weighted by atomic mass is 35.5. The Morgan fingerprint density at radius 1 is 1.15 bits per heavy atom. The number of allylic oxidation sites excluding steroid dienone is 1. The molecule has 2 heterocycles. The molecule has 0 aliphatic carbocycles. The maximum absolute atomic E-state index is 13.6. The summed E-state index contributed by atoms with van der Waals surface area (Å²) in [6.45, 7) is 3.58. The van der Waals surface area contributed by atoms with Gasteiger partial charge in [-0.25, -0.2) is 4.39 Å². The Kier molecular flexibility index (Phi) is 5.87. The summed E-state index contributed by atoms with van der Waals surface area (Å²) in [6.07, 6.45) is 2.30. The van der Waals surface area contributed by atoms with Crippen molar-refractivity contribution in [1.82, 2.24) is 4.90 Å². The van der Waals surface area contributed by atoms with Crippen molar-refractivity contribution in [3.05, 3.63) is 98.0 Å². The number of carbonyl (C=O) groups is 1. The fourth-order valence-corrected chi connectivity index (χ4v) is 4.67. The minimum absolute atomic E-state index is 0.178. The highest BCUT2D eigenvalue weighted by Crippen LogP contribution is 2.44. The van der Waals surface area contributed by atoms with E-state index in [1.165, 1.54) is 12.1 Å². The van der Waals surface area contributed by atoms with Crippen LogP contribution in [0.1, 0.15) is 32.6 Å². The first-order chi connectivity index (χ1) is 15.9. The molecule has 2 aliphatic heterocycles. The summed E-state index contributed by atoms with van der Waals surface area (Å²) in [4.78, 5) is 15.2. The summed E-state index contributed by atoms with van der Waals surface area (Å²) in [6, 6.07) is 13.4. The molecule has 0 bridgehead atoms. The molecule has 0 radical (unpaired) electrons. The minimum Gasteiger partial charge on any atom is -0.478 e. The fraction of sp³-hybridized carbons (Fsp3) is 0.192. The predicted molar refractivity (Wildman–Crippen MR) is 127 cm³/mol. The van der Waals surface area contributed by atoms with Crippen LogP contribution in [0.15, 0.2) is 54.3 Å². The molecular weight excluding hydrogens is 464 g/mol. The summed E-state index contributed by atoms with van der Waals surface area (Å²) < 4.78 is 25.6. The van der Waals surface area contributed by atoms with Crippen molar-refractivity contribution in [1.29, 1.82) is 0 Å². The average molecular weight is 484 g/mol. The lowest BCUT2D eigenvalue weighted by Crippen LogP contribution is -2.34. The number of carbonyl (C=O) groups excluding carboxylic acids is 1. The highest BCUT2D eigenvalue weighted by Gasteiger charge is 2.35. The van der Waals surface area contributed by atoms with Gasteiger partial charge in [0.1, 0.15) is 24.0 Å². The molecule has 3 aromatic rings. The van der Waals surface area contributed by atoms with Gasteiger partial charge in [-0.05, 0) is 66.4 Å². The van der Waals surface area contributed by atoms with Crippen molar-refractivity contribution < 1.29 is 18.7 Å². The van der Waals surface area contributed by atoms with E-state index in [9.17, 15) is 9.18 Å². The second-order valence-electron chi connectivity index (χ2n) is 8.18. The maximum atomic E-state index is 13.6. The third-order valence-corrected chi connectivity index (χ3v) is 6.43. The molecule has 2 aliphatic rings. The molecule has 0 aromatic heterocycles. The van der Waals surface area contributed by atoms with E-state index in [0.717, 1.165) is 23.1 Å². The molecule has 168 valence electrons. The van der Waals surface area contributed by atoms with Gasteiger partial charge >= 0.3 is 0 Å². The van der Waals surface area contributed by atoms with Gasteiger partial charge in [0.2, 0.25) is 5.78 Å². The van der Waals surface area contributed by atoms with E-state index in [1.54, 1.807) is 24.3 Å². The lowest BCUT2D eigenvalue weighted by atomic mass is 9.98. The zero-order chi connectivity index (χ0) is 23.1.